The fourth-order valence-corrected chi connectivity index (χ4v) is 5.76. The number of benzene rings is 4. The van der Waals surface area contributed by atoms with Crippen molar-refractivity contribution in [2.45, 2.75) is 6.92 Å². The number of non-ortho nitro benzene ring substituents is 3. The Balaban J connectivity index is 1.90. The second-order valence-electron chi connectivity index (χ2n) is 9.38. The number of fused-ring (bicyclic) bond motifs is 1. The molecular weight excluding hydrogens is 501 g/mol. The summed E-state index contributed by atoms with van der Waals surface area (Å²) in [6.45, 7) is 1.97. The van der Waals surface area contributed by atoms with Gasteiger partial charge in [0.15, 0.2) is 0 Å². The first-order chi connectivity index (χ1) is 18.7. The van der Waals surface area contributed by atoms with Crippen LogP contribution >= 0.6 is 0 Å². The van der Waals surface area contributed by atoms with Crippen molar-refractivity contribution in [3.63, 3.8) is 0 Å². The number of nitro groups is 3. The highest BCUT2D eigenvalue weighted by atomic mass is 16.6. The molecule has 0 amide bonds. The second kappa shape index (κ2) is 9.53. The third-order valence-electron chi connectivity index (χ3n) is 7.51. The van der Waals surface area contributed by atoms with E-state index < -0.39 is 21.1 Å². The normalized spacial score (nSPS) is 14.1. The smallest absolute Gasteiger partial charge is 0.414 e. The van der Waals surface area contributed by atoms with Crippen molar-refractivity contribution in [2.24, 2.45) is 0 Å². The van der Waals surface area contributed by atoms with Gasteiger partial charge >= 0.3 is 6.35 Å². The number of hydrogen-bond donors (Lipinski definition) is 0. The summed E-state index contributed by atoms with van der Waals surface area (Å²) in [4.78, 5) is 32.9. The van der Waals surface area contributed by atoms with E-state index in [2.05, 4.69) is 4.28 Å². The summed E-state index contributed by atoms with van der Waals surface area (Å²) >= 11 is 0. The predicted octanol–water partition coefficient (Wildman–Crippen LogP) is 5.55. The molecule has 4 aromatic carbocycles. The first-order valence-corrected chi connectivity index (χ1v) is 12.0. The lowest BCUT2D eigenvalue weighted by atomic mass is 9.25. The number of para-hydroxylation sites is 1. The van der Waals surface area contributed by atoms with Crippen LogP contribution in [0.2, 0.25) is 0 Å². The fourth-order valence-electron chi connectivity index (χ4n) is 5.76. The molecule has 11 heteroatoms. The van der Waals surface area contributed by atoms with E-state index in [1.165, 1.54) is 36.4 Å². The van der Waals surface area contributed by atoms with E-state index in [1.54, 1.807) is 36.4 Å². The third-order valence-corrected chi connectivity index (χ3v) is 7.51. The van der Waals surface area contributed by atoms with E-state index in [0.29, 0.717) is 16.5 Å². The predicted molar refractivity (Wildman–Crippen MR) is 150 cm³/mol. The molecule has 39 heavy (non-hydrogen) atoms. The van der Waals surface area contributed by atoms with Crippen LogP contribution in [0.25, 0.3) is 11.0 Å². The number of nitrogens with zero attached hydrogens (tertiary/aromatic N) is 3. The van der Waals surface area contributed by atoms with Crippen molar-refractivity contribution >= 4 is 45.4 Å². The van der Waals surface area contributed by atoms with Crippen molar-refractivity contribution in [2.75, 3.05) is 7.11 Å². The minimum atomic E-state index is -2.17. The molecule has 4 aromatic rings. The Morgan fingerprint density at radius 2 is 1.03 bits per heavy atom. The third kappa shape index (κ3) is 4.00. The Bertz CT molecular complexity index is 1590. The van der Waals surface area contributed by atoms with Gasteiger partial charge in [0.25, 0.3) is 17.1 Å². The average Bonchev–Trinajstić information content (AvgIpc) is 2.95. The second-order valence-corrected chi connectivity index (χ2v) is 9.38. The van der Waals surface area contributed by atoms with Crippen molar-refractivity contribution in [1.82, 2.24) is 0 Å². The molecular formula is C28H22BN3O7. The number of rotatable bonds is 6. The Hall–Kier alpha value is -5.32. The zero-order valence-electron chi connectivity index (χ0n) is 21.0. The average molecular weight is 523 g/mol. The molecule has 0 saturated heterocycles. The highest BCUT2D eigenvalue weighted by Crippen LogP contribution is 2.49. The van der Waals surface area contributed by atoms with Crippen LogP contribution in [0.5, 0.6) is 5.75 Å². The van der Waals surface area contributed by atoms with Gasteiger partial charge < -0.3 is 4.28 Å². The van der Waals surface area contributed by atoms with E-state index in [9.17, 15) is 30.3 Å². The van der Waals surface area contributed by atoms with Gasteiger partial charge in [-0.1, -0.05) is 65.1 Å². The number of allylic oxidation sites excluding steroid dienone is 1. The van der Waals surface area contributed by atoms with E-state index in [1.807, 2.05) is 38.3 Å². The first kappa shape index (κ1) is 25.3. The lowest BCUT2D eigenvalue weighted by molar-refractivity contribution is -0.385. The van der Waals surface area contributed by atoms with Crippen molar-refractivity contribution in [1.29, 1.82) is 0 Å². The molecule has 5 rings (SSSR count). The largest absolute Gasteiger partial charge is 0.810 e. The fraction of sp³-hybridized carbons (Fsp3) is 0.0714. The van der Waals surface area contributed by atoms with Gasteiger partial charge in [-0.15, -0.1) is 10.9 Å². The summed E-state index contributed by atoms with van der Waals surface area (Å²) < 4.78 is 3.25. The lowest BCUT2D eigenvalue weighted by Gasteiger charge is -2.55. The maximum atomic E-state index is 11.5. The van der Waals surface area contributed by atoms with Crippen LogP contribution in [0.1, 0.15) is 18.1 Å². The molecule has 0 aromatic heterocycles. The molecule has 0 fully saturated rings. The van der Waals surface area contributed by atoms with Gasteiger partial charge in [0.1, 0.15) is 7.11 Å². The molecule has 0 aliphatic carbocycles. The molecule has 0 atom stereocenters. The molecule has 0 unspecified atom stereocenters. The molecule has 0 saturated carbocycles. The minimum Gasteiger partial charge on any atom is -0.810 e. The summed E-state index contributed by atoms with van der Waals surface area (Å²) in [5.74, 6) is 0.831. The molecule has 194 valence electrons. The Morgan fingerprint density at radius 3 is 1.46 bits per heavy atom. The Labute approximate surface area is 222 Å². The standard InChI is InChI=1S/C28H22BN3O7/c1-19-26-5-3-4-6-27(26)39(2)29(21-9-15-24(16-10-21)31(35)36,22-11-17-25(18-12-22)32(37)38)28(19)20-7-13-23(14-8-20)30(33)34/h3-18H,1-2H3. The van der Waals surface area contributed by atoms with E-state index in [0.717, 1.165) is 22.4 Å². The molecule has 0 bridgehead atoms. The minimum absolute atomic E-state index is 0.0574. The van der Waals surface area contributed by atoms with Gasteiger partial charge in [0.05, 0.1) is 20.3 Å². The van der Waals surface area contributed by atoms with E-state index >= 15 is 0 Å². The van der Waals surface area contributed by atoms with Crippen LogP contribution in [0.3, 0.4) is 0 Å². The molecule has 10 nitrogen and oxygen atoms in total. The van der Waals surface area contributed by atoms with Crippen molar-refractivity contribution < 1.29 is 19.1 Å². The zero-order valence-corrected chi connectivity index (χ0v) is 21.0. The monoisotopic (exact) mass is 523 g/mol. The highest BCUT2D eigenvalue weighted by Gasteiger charge is 2.51. The highest BCUT2D eigenvalue weighted by molar-refractivity contribution is 7.12. The SMILES string of the molecule is CC1=C(c2ccc([N+](=O)[O-])cc2)[B-](c2ccc([N+](=O)[O-])cc2)(c2ccc([N+](=O)[O-])cc2)[O+](C)c2ccccc21. The Kier molecular flexibility index (Phi) is 6.19. The van der Waals surface area contributed by atoms with Gasteiger partial charge in [-0.2, -0.15) is 0 Å². The molecule has 0 radical (unpaired) electrons. The van der Waals surface area contributed by atoms with Gasteiger partial charge in [0, 0.05) is 42.5 Å². The number of hydrogen-bond acceptors (Lipinski definition) is 6. The van der Waals surface area contributed by atoms with E-state index in [4.69, 9.17) is 0 Å². The van der Waals surface area contributed by atoms with Crippen LogP contribution in [0, 0.1) is 30.3 Å². The van der Waals surface area contributed by atoms with Gasteiger partial charge in [0.2, 0.25) is 5.75 Å². The van der Waals surface area contributed by atoms with Crippen LogP contribution in [0.4, 0.5) is 17.1 Å². The quantitative estimate of drug-likeness (QED) is 0.141. The molecule has 0 N–H and O–H groups in total. The van der Waals surface area contributed by atoms with Gasteiger partial charge in [-0.3, -0.25) is 30.3 Å². The van der Waals surface area contributed by atoms with Gasteiger partial charge in [-0.25, -0.2) is 0 Å². The lowest BCUT2D eigenvalue weighted by Crippen LogP contribution is -2.66. The molecule has 1 aliphatic heterocycles. The summed E-state index contributed by atoms with van der Waals surface area (Å²) in [7, 11) is 1.85. The summed E-state index contributed by atoms with van der Waals surface area (Å²) in [5, 5.41) is 34.3. The number of nitro benzene ring substituents is 3. The zero-order chi connectivity index (χ0) is 27.9. The van der Waals surface area contributed by atoms with Crippen molar-refractivity contribution in [3.05, 3.63) is 139 Å². The van der Waals surface area contributed by atoms with Crippen LogP contribution in [-0.4, -0.2) is 28.2 Å². The van der Waals surface area contributed by atoms with Crippen LogP contribution in [-0.2, 0) is 4.28 Å². The molecule has 1 aliphatic rings. The molecule has 0 spiro atoms. The van der Waals surface area contributed by atoms with Crippen LogP contribution in [0.15, 0.2) is 97.1 Å². The maximum absolute atomic E-state index is 11.5. The summed E-state index contributed by atoms with van der Waals surface area (Å²) in [6, 6.07) is 26.5. The topological polar surface area (TPSA) is 132 Å². The first-order valence-electron chi connectivity index (χ1n) is 12.0. The van der Waals surface area contributed by atoms with Gasteiger partial charge in [-0.05, 0) is 13.0 Å². The maximum Gasteiger partial charge on any atom is 0.414 e. The summed E-state index contributed by atoms with van der Waals surface area (Å²) in [5.41, 5.74) is 4.58. The van der Waals surface area contributed by atoms with Crippen LogP contribution < -0.4 is 10.9 Å². The van der Waals surface area contributed by atoms with Crippen molar-refractivity contribution in [3.8, 4) is 5.75 Å². The molecule has 1 heterocycles. The summed E-state index contributed by atoms with van der Waals surface area (Å²) in [6.07, 6.45) is -2.17. The van der Waals surface area contributed by atoms with E-state index in [-0.39, 0.29) is 17.1 Å². The Morgan fingerprint density at radius 1 is 0.615 bits per heavy atom.